The number of ether oxygens (including phenoxy) is 3. The quantitative estimate of drug-likeness (QED) is 0.277. The van der Waals surface area contributed by atoms with Crippen LogP contribution in [0.4, 0.5) is 15.3 Å². The summed E-state index contributed by atoms with van der Waals surface area (Å²) in [6.07, 6.45) is -0.245. The lowest BCUT2D eigenvalue weighted by atomic mass is 9.91. The molecule has 3 aromatic rings. The molecule has 0 aromatic heterocycles. The summed E-state index contributed by atoms with van der Waals surface area (Å²) in [4.78, 5) is 37.4. The summed E-state index contributed by atoms with van der Waals surface area (Å²) in [7, 11) is 0. The van der Waals surface area contributed by atoms with Crippen LogP contribution in [0.3, 0.4) is 0 Å². The summed E-state index contributed by atoms with van der Waals surface area (Å²) in [6.45, 7) is 2.85. The van der Waals surface area contributed by atoms with Crippen molar-refractivity contribution in [3.63, 3.8) is 0 Å². The Morgan fingerprint density at radius 3 is 2.68 bits per heavy atom. The predicted octanol–water partition coefficient (Wildman–Crippen LogP) is 6.16. The van der Waals surface area contributed by atoms with E-state index in [-0.39, 0.29) is 32.8 Å². The first-order chi connectivity index (χ1) is 19.8. The Morgan fingerprint density at radius 1 is 1.05 bits per heavy atom. The van der Waals surface area contributed by atoms with E-state index in [4.69, 9.17) is 30.9 Å². The molecule has 2 amide bonds. The monoisotopic (exact) mass is 578 g/mol. The number of carboxylic acids is 1. The van der Waals surface area contributed by atoms with Crippen LogP contribution < -0.4 is 15.0 Å². The standard InChI is InChI=1S/C31H31ClN2O7/c1-19-25(32)8-4-10-27(19)39-13-14-40-31(38)34-17-22-16-24(22)29-23(7-3-9-26(29)34)21-6-2-5-20(15-21)18-41-30(37)33-12-11-28(35)36/h2-10,15,22,24H,11-14,16-18H2,1H3,(H,33,37)(H,35,36)/t22-,24-/m0/s1. The molecule has 0 bridgehead atoms. The molecular formula is C31H31ClN2O7. The molecule has 2 atom stereocenters. The zero-order valence-electron chi connectivity index (χ0n) is 22.6. The Bertz CT molecular complexity index is 1460. The van der Waals surface area contributed by atoms with E-state index in [0.29, 0.717) is 29.2 Å². The fraction of sp³-hybridized carbons (Fsp3) is 0.323. The van der Waals surface area contributed by atoms with Crippen LogP contribution in [0.1, 0.15) is 35.4 Å². The van der Waals surface area contributed by atoms with Crippen molar-refractivity contribution < 1.29 is 33.7 Å². The third-order valence-electron chi connectivity index (χ3n) is 7.31. The molecule has 1 heterocycles. The number of carbonyl (C=O) groups excluding carboxylic acids is 2. The van der Waals surface area contributed by atoms with Gasteiger partial charge < -0.3 is 24.6 Å². The minimum atomic E-state index is -0.994. The molecule has 41 heavy (non-hydrogen) atoms. The Morgan fingerprint density at radius 2 is 1.85 bits per heavy atom. The number of hydrogen-bond donors (Lipinski definition) is 2. The van der Waals surface area contributed by atoms with Gasteiger partial charge in [-0.3, -0.25) is 9.69 Å². The third-order valence-corrected chi connectivity index (χ3v) is 7.71. The summed E-state index contributed by atoms with van der Waals surface area (Å²) < 4.78 is 16.6. The average molecular weight is 579 g/mol. The number of nitrogens with one attached hydrogen (secondary N) is 1. The lowest BCUT2D eigenvalue weighted by Gasteiger charge is -2.30. The largest absolute Gasteiger partial charge is 0.490 e. The van der Waals surface area contributed by atoms with Crippen molar-refractivity contribution in [2.75, 3.05) is 31.2 Å². The number of nitrogens with zero attached hydrogens (tertiary/aromatic N) is 1. The van der Waals surface area contributed by atoms with Crippen LogP contribution in [0.15, 0.2) is 60.7 Å². The molecular weight excluding hydrogens is 548 g/mol. The van der Waals surface area contributed by atoms with Gasteiger partial charge in [0.1, 0.15) is 25.6 Å². The Labute approximate surface area is 243 Å². The van der Waals surface area contributed by atoms with Gasteiger partial charge in [0.2, 0.25) is 0 Å². The maximum atomic E-state index is 13.2. The van der Waals surface area contributed by atoms with Gasteiger partial charge in [-0.25, -0.2) is 9.59 Å². The second kappa shape index (κ2) is 12.5. The molecule has 2 aliphatic rings. The van der Waals surface area contributed by atoms with E-state index in [2.05, 4.69) is 5.32 Å². The second-order valence-corrected chi connectivity index (χ2v) is 10.5. The smallest absolute Gasteiger partial charge is 0.414 e. The van der Waals surface area contributed by atoms with Gasteiger partial charge in [0.05, 0.1) is 12.1 Å². The van der Waals surface area contributed by atoms with E-state index in [1.807, 2.05) is 61.5 Å². The second-order valence-electron chi connectivity index (χ2n) is 10.1. The zero-order valence-corrected chi connectivity index (χ0v) is 23.4. The van der Waals surface area contributed by atoms with Gasteiger partial charge in [-0.05, 0) is 71.7 Å². The van der Waals surface area contributed by atoms with Gasteiger partial charge in [0, 0.05) is 23.7 Å². The SMILES string of the molecule is Cc1c(Cl)cccc1OCCOC(=O)N1C[C@@H]2C[C@@H]2c2c(-c3cccc(COC(=O)NCCC(=O)O)c3)cccc21. The van der Waals surface area contributed by atoms with Crippen molar-refractivity contribution in [2.24, 2.45) is 5.92 Å². The molecule has 2 N–H and O–H groups in total. The highest BCUT2D eigenvalue weighted by molar-refractivity contribution is 6.31. The number of carboxylic acid groups (broad SMARTS) is 1. The first-order valence-corrected chi connectivity index (χ1v) is 13.9. The summed E-state index contributed by atoms with van der Waals surface area (Å²) in [5, 5.41) is 11.7. The molecule has 1 aliphatic heterocycles. The van der Waals surface area contributed by atoms with Crippen LogP contribution in [0, 0.1) is 12.8 Å². The van der Waals surface area contributed by atoms with Gasteiger partial charge in [0.15, 0.2) is 0 Å². The van der Waals surface area contributed by atoms with Crippen LogP contribution in [-0.4, -0.2) is 49.6 Å². The zero-order chi connectivity index (χ0) is 28.9. The van der Waals surface area contributed by atoms with Crippen LogP contribution in [0.5, 0.6) is 5.75 Å². The van der Waals surface area contributed by atoms with Gasteiger partial charge in [0.25, 0.3) is 0 Å². The fourth-order valence-electron chi connectivity index (χ4n) is 5.14. The average Bonchev–Trinajstić information content (AvgIpc) is 3.75. The normalized spacial score (nSPS) is 16.7. The van der Waals surface area contributed by atoms with Crippen molar-refractivity contribution in [3.05, 3.63) is 82.4 Å². The maximum Gasteiger partial charge on any atom is 0.414 e. The van der Waals surface area contributed by atoms with Gasteiger partial charge in [-0.1, -0.05) is 48.0 Å². The molecule has 0 radical (unpaired) electrons. The highest BCUT2D eigenvalue weighted by Gasteiger charge is 2.48. The van der Waals surface area contributed by atoms with Crippen molar-refractivity contribution in [3.8, 4) is 16.9 Å². The molecule has 1 aliphatic carbocycles. The highest BCUT2D eigenvalue weighted by atomic mass is 35.5. The van der Waals surface area contributed by atoms with Gasteiger partial charge in [-0.2, -0.15) is 0 Å². The molecule has 1 fully saturated rings. The first-order valence-electron chi connectivity index (χ1n) is 13.5. The number of hydrogen-bond acceptors (Lipinski definition) is 6. The number of benzene rings is 3. The van der Waals surface area contributed by atoms with E-state index in [0.717, 1.165) is 39.9 Å². The molecule has 214 valence electrons. The van der Waals surface area contributed by atoms with Crippen molar-refractivity contribution >= 4 is 35.4 Å². The molecule has 3 aromatic carbocycles. The van der Waals surface area contributed by atoms with Crippen LogP contribution in [0.25, 0.3) is 11.1 Å². The number of anilines is 1. The minimum absolute atomic E-state index is 0.000438. The molecule has 0 spiro atoms. The molecule has 10 heteroatoms. The number of halogens is 1. The number of amides is 2. The number of carbonyl (C=O) groups is 3. The van der Waals surface area contributed by atoms with Crippen molar-refractivity contribution in [2.45, 2.75) is 32.3 Å². The maximum absolute atomic E-state index is 13.2. The molecule has 0 unspecified atom stereocenters. The van der Waals surface area contributed by atoms with Crippen molar-refractivity contribution in [1.29, 1.82) is 0 Å². The Balaban J connectivity index is 1.24. The lowest BCUT2D eigenvalue weighted by Crippen LogP contribution is -2.37. The molecule has 1 saturated carbocycles. The summed E-state index contributed by atoms with van der Waals surface area (Å²) in [5.41, 5.74) is 5.59. The molecule has 5 rings (SSSR count). The summed E-state index contributed by atoms with van der Waals surface area (Å²) in [6, 6.07) is 19.1. The van der Waals surface area contributed by atoms with Crippen LogP contribution in [0.2, 0.25) is 5.02 Å². The van der Waals surface area contributed by atoms with E-state index in [1.54, 1.807) is 11.0 Å². The Hall–Kier alpha value is -4.24. The van der Waals surface area contributed by atoms with Gasteiger partial charge >= 0.3 is 18.2 Å². The van der Waals surface area contributed by atoms with E-state index >= 15 is 0 Å². The predicted molar refractivity (Wildman–Crippen MR) is 154 cm³/mol. The van der Waals surface area contributed by atoms with E-state index in [1.165, 1.54) is 0 Å². The number of alkyl carbamates (subject to hydrolysis) is 1. The minimum Gasteiger partial charge on any atom is -0.490 e. The summed E-state index contributed by atoms with van der Waals surface area (Å²) >= 11 is 6.15. The fourth-order valence-corrected chi connectivity index (χ4v) is 5.31. The first kappa shape index (κ1) is 28.3. The number of rotatable bonds is 10. The number of fused-ring (bicyclic) bond motifs is 3. The Kier molecular flexibility index (Phi) is 8.64. The van der Waals surface area contributed by atoms with E-state index in [9.17, 15) is 14.4 Å². The molecule has 0 saturated heterocycles. The van der Waals surface area contributed by atoms with E-state index < -0.39 is 18.2 Å². The topological polar surface area (TPSA) is 114 Å². The van der Waals surface area contributed by atoms with Crippen LogP contribution >= 0.6 is 11.6 Å². The van der Waals surface area contributed by atoms with Crippen LogP contribution in [-0.2, 0) is 20.9 Å². The number of aliphatic carboxylic acids is 1. The lowest BCUT2D eigenvalue weighted by molar-refractivity contribution is -0.136. The molecule has 9 nitrogen and oxygen atoms in total. The third kappa shape index (κ3) is 6.74. The van der Waals surface area contributed by atoms with Gasteiger partial charge in [-0.15, -0.1) is 0 Å². The van der Waals surface area contributed by atoms with Crippen molar-refractivity contribution in [1.82, 2.24) is 5.32 Å². The summed E-state index contributed by atoms with van der Waals surface area (Å²) in [5.74, 6) is 0.419. The highest BCUT2D eigenvalue weighted by Crippen LogP contribution is 2.57.